The maximum atomic E-state index is 13.2. The van der Waals surface area contributed by atoms with Crippen molar-refractivity contribution in [2.24, 2.45) is 11.7 Å². The minimum atomic E-state index is -0.298. The van der Waals surface area contributed by atoms with Crippen LogP contribution >= 0.6 is 12.4 Å². The van der Waals surface area contributed by atoms with E-state index in [-0.39, 0.29) is 36.1 Å². The molecule has 1 heterocycles. The standard InChI is InChI=1S/C21H29FN4O.ClH/c1-14(2)20-18(13-24-26(20)17-10-8-16(22)9-11-17)21(27)25-19(12-23)15-6-4-3-5-7-15;/h8-11,13-15,19H,3-7,12,23H2,1-2H3,(H,25,27);1H. The highest BCUT2D eigenvalue weighted by Gasteiger charge is 2.27. The molecule has 7 heteroatoms. The van der Waals surface area contributed by atoms with Gasteiger partial charge >= 0.3 is 0 Å². The van der Waals surface area contributed by atoms with Crippen LogP contribution in [0.25, 0.3) is 5.69 Å². The molecule has 28 heavy (non-hydrogen) atoms. The third-order valence-corrected chi connectivity index (χ3v) is 5.46. The first-order valence-electron chi connectivity index (χ1n) is 9.86. The first-order valence-corrected chi connectivity index (χ1v) is 9.86. The zero-order valence-electron chi connectivity index (χ0n) is 16.5. The number of benzene rings is 1. The molecule has 3 rings (SSSR count). The Labute approximate surface area is 172 Å². The van der Waals surface area contributed by atoms with Gasteiger partial charge in [-0.2, -0.15) is 5.10 Å². The van der Waals surface area contributed by atoms with E-state index in [1.165, 1.54) is 31.4 Å². The summed E-state index contributed by atoms with van der Waals surface area (Å²) in [6.45, 7) is 4.49. The second-order valence-corrected chi connectivity index (χ2v) is 7.70. The molecule has 1 aromatic heterocycles. The Morgan fingerprint density at radius 1 is 1.25 bits per heavy atom. The Kier molecular flexibility index (Phi) is 8.01. The van der Waals surface area contributed by atoms with Crippen molar-refractivity contribution in [3.8, 4) is 5.69 Å². The van der Waals surface area contributed by atoms with Crippen LogP contribution in [-0.4, -0.2) is 28.3 Å². The summed E-state index contributed by atoms with van der Waals surface area (Å²) in [7, 11) is 0. The van der Waals surface area contributed by atoms with Gasteiger partial charge in [-0.25, -0.2) is 9.07 Å². The summed E-state index contributed by atoms with van der Waals surface area (Å²) in [6, 6.07) is 6.12. The summed E-state index contributed by atoms with van der Waals surface area (Å²) in [5, 5.41) is 7.55. The molecule has 1 atom stereocenters. The Hall–Kier alpha value is -1.92. The second kappa shape index (κ2) is 10.0. The summed E-state index contributed by atoms with van der Waals surface area (Å²) < 4.78 is 15.0. The topological polar surface area (TPSA) is 72.9 Å². The van der Waals surface area contributed by atoms with Crippen LogP contribution in [0.3, 0.4) is 0 Å². The summed E-state index contributed by atoms with van der Waals surface area (Å²) >= 11 is 0. The lowest BCUT2D eigenvalue weighted by molar-refractivity contribution is 0.0914. The first kappa shape index (κ1) is 22.4. The van der Waals surface area contributed by atoms with E-state index in [4.69, 9.17) is 5.73 Å². The van der Waals surface area contributed by atoms with E-state index in [2.05, 4.69) is 10.4 Å². The monoisotopic (exact) mass is 408 g/mol. The number of amides is 1. The molecule has 0 radical (unpaired) electrons. The van der Waals surface area contributed by atoms with Gasteiger partial charge in [0.25, 0.3) is 5.91 Å². The normalized spacial score (nSPS) is 15.9. The fourth-order valence-corrected chi connectivity index (χ4v) is 4.03. The molecule has 1 aliphatic carbocycles. The molecule has 0 spiro atoms. The molecule has 1 fully saturated rings. The summed E-state index contributed by atoms with van der Waals surface area (Å²) in [5.41, 5.74) is 8.08. The molecule has 0 bridgehead atoms. The number of nitrogens with one attached hydrogen (secondary N) is 1. The molecule has 1 aliphatic rings. The molecule has 1 amide bonds. The van der Waals surface area contributed by atoms with Crippen LogP contribution in [0.4, 0.5) is 4.39 Å². The van der Waals surface area contributed by atoms with Crippen LogP contribution in [0.15, 0.2) is 30.5 Å². The van der Waals surface area contributed by atoms with Crippen molar-refractivity contribution in [2.45, 2.75) is 57.9 Å². The maximum absolute atomic E-state index is 13.2. The van der Waals surface area contributed by atoms with Crippen LogP contribution in [0, 0.1) is 11.7 Å². The van der Waals surface area contributed by atoms with Crippen molar-refractivity contribution in [2.75, 3.05) is 6.54 Å². The Balaban J connectivity index is 0.00000280. The summed E-state index contributed by atoms with van der Waals surface area (Å²) in [4.78, 5) is 13.0. The van der Waals surface area contributed by atoms with E-state index in [0.29, 0.717) is 18.0 Å². The second-order valence-electron chi connectivity index (χ2n) is 7.70. The van der Waals surface area contributed by atoms with Crippen molar-refractivity contribution in [3.63, 3.8) is 0 Å². The molecule has 0 saturated heterocycles. The third-order valence-electron chi connectivity index (χ3n) is 5.46. The first-order chi connectivity index (χ1) is 13.0. The number of carbonyl (C=O) groups is 1. The van der Waals surface area contributed by atoms with Crippen LogP contribution in [0.1, 0.15) is 67.9 Å². The Morgan fingerprint density at radius 3 is 2.46 bits per heavy atom. The van der Waals surface area contributed by atoms with Gasteiger partial charge in [-0.3, -0.25) is 4.79 Å². The van der Waals surface area contributed by atoms with E-state index in [1.54, 1.807) is 23.0 Å². The maximum Gasteiger partial charge on any atom is 0.255 e. The van der Waals surface area contributed by atoms with Crippen molar-refractivity contribution in [1.29, 1.82) is 0 Å². The molecular formula is C21H30ClFN4O. The summed E-state index contributed by atoms with van der Waals surface area (Å²) in [6.07, 6.45) is 7.52. The van der Waals surface area contributed by atoms with Gasteiger partial charge in [-0.15, -0.1) is 12.4 Å². The number of carbonyl (C=O) groups excluding carboxylic acids is 1. The molecule has 1 aromatic carbocycles. The van der Waals surface area contributed by atoms with Gasteiger partial charge in [0.1, 0.15) is 5.82 Å². The number of hydrogen-bond acceptors (Lipinski definition) is 3. The largest absolute Gasteiger partial charge is 0.348 e. The van der Waals surface area contributed by atoms with Crippen LogP contribution in [-0.2, 0) is 0 Å². The number of nitrogens with two attached hydrogens (primary N) is 1. The number of nitrogens with zero attached hydrogens (tertiary/aromatic N) is 2. The van der Waals surface area contributed by atoms with Gasteiger partial charge in [0, 0.05) is 12.6 Å². The lowest BCUT2D eigenvalue weighted by Gasteiger charge is -2.30. The van der Waals surface area contributed by atoms with Gasteiger partial charge in [0.15, 0.2) is 0 Å². The molecule has 1 saturated carbocycles. The van der Waals surface area contributed by atoms with Crippen molar-refractivity contribution >= 4 is 18.3 Å². The van der Waals surface area contributed by atoms with Gasteiger partial charge in [-0.1, -0.05) is 33.1 Å². The number of halogens is 2. The zero-order chi connectivity index (χ0) is 19.4. The molecule has 154 valence electrons. The quantitative estimate of drug-likeness (QED) is 0.752. The smallest absolute Gasteiger partial charge is 0.255 e. The van der Waals surface area contributed by atoms with Crippen LogP contribution in [0.2, 0.25) is 0 Å². The van der Waals surface area contributed by atoms with Gasteiger partial charge in [-0.05, 0) is 48.9 Å². The van der Waals surface area contributed by atoms with E-state index >= 15 is 0 Å². The SMILES string of the molecule is CC(C)c1c(C(=O)NC(CN)C2CCCCC2)cnn1-c1ccc(F)cc1.Cl. The highest BCUT2D eigenvalue weighted by atomic mass is 35.5. The van der Waals surface area contributed by atoms with E-state index in [1.807, 2.05) is 13.8 Å². The highest BCUT2D eigenvalue weighted by Crippen LogP contribution is 2.27. The Morgan fingerprint density at radius 2 is 1.89 bits per heavy atom. The van der Waals surface area contributed by atoms with Crippen molar-refractivity contribution < 1.29 is 9.18 Å². The van der Waals surface area contributed by atoms with Crippen LogP contribution < -0.4 is 11.1 Å². The fraction of sp³-hybridized carbons (Fsp3) is 0.524. The lowest BCUT2D eigenvalue weighted by atomic mass is 9.84. The van der Waals surface area contributed by atoms with Crippen molar-refractivity contribution in [3.05, 3.63) is 47.5 Å². The molecule has 0 aliphatic heterocycles. The molecule has 2 aromatic rings. The predicted octanol–water partition coefficient (Wildman–Crippen LogP) is 4.19. The van der Waals surface area contributed by atoms with Gasteiger partial charge in [0.05, 0.1) is 23.1 Å². The number of rotatable bonds is 6. The molecule has 5 nitrogen and oxygen atoms in total. The fourth-order valence-electron chi connectivity index (χ4n) is 4.03. The number of hydrogen-bond donors (Lipinski definition) is 2. The lowest BCUT2D eigenvalue weighted by Crippen LogP contribution is -2.46. The van der Waals surface area contributed by atoms with Gasteiger partial charge < -0.3 is 11.1 Å². The van der Waals surface area contributed by atoms with Gasteiger partial charge in [0.2, 0.25) is 0 Å². The molecule has 3 N–H and O–H groups in total. The highest BCUT2D eigenvalue weighted by molar-refractivity contribution is 5.95. The van der Waals surface area contributed by atoms with E-state index in [0.717, 1.165) is 24.2 Å². The average Bonchev–Trinajstić information content (AvgIpc) is 3.13. The van der Waals surface area contributed by atoms with E-state index < -0.39 is 0 Å². The molecular weight excluding hydrogens is 379 g/mol. The zero-order valence-corrected chi connectivity index (χ0v) is 17.3. The van der Waals surface area contributed by atoms with Crippen molar-refractivity contribution in [1.82, 2.24) is 15.1 Å². The average molecular weight is 409 g/mol. The predicted molar refractivity (Wildman–Crippen MR) is 112 cm³/mol. The minimum absolute atomic E-state index is 0. The van der Waals surface area contributed by atoms with E-state index in [9.17, 15) is 9.18 Å². The van der Waals surface area contributed by atoms with Crippen LogP contribution in [0.5, 0.6) is 0 Å². The third kappa shape index (κ3) is 4.92. The summed E-state index contributed by atoms with van der Waals surface area (Å²) in [5.74, 6) is 0.105. The Bertz CT molecular complexity index is 769. The number of aromatic nitrogens is 2. The molecule has 1 unspecified atom stereocenters. The minimum Gasteiger partial charge on any atom is -0.348 e.